The molecule has 2 heteroatoms. The number of carbonyl (C=O) groups excluding carboxylic acids is 1. The number of unbranched alkanes of at least 4 members (excludes halogenated alkanes) is 14. The highest BCUT2D eigenvalue weighted by atomic mass is 16.1. The number of amides is 1. The Kier molecular flexibility index (Phi) is 17.4. The van der Waals surface area contributed by atoms with Gasteiger partial charge >= 0.3 is 0 Å². The van der Waals surface area contributed by atoms with Gasteiger partial charge in [0.25, 0.3) is 0 Å². The van der Waals surface area contributed by atoms with Crippen molar-refractivity contribution in [3.63, 3.8) is 0 Å². The molecule has 0 aromatic carbocycles. The highest BCUT2D eigenvalue weighted by molar-refractivity contribution is 5.76. The first-order chi connectivity index (χ1) is 11.2. The predicted octanol–water partition coefficient (Wildman–Crippen LogP) is 6.59. The number of carbonyl (C=O) groups is 1. The van der Waals surface area contributed by atoms with Crippen LogP contribution >= 0.6 is 0 Å². The van der Waals surface area contributed by atoms with E-state index in [0.29, 0.717) is 6.42 Å². The molecule has 0 aliphatic carbocycles. The molecule has 0 aliphatic heterocycles. The van der Waals surface area contributed by atoms with Crippen LogP contribution in [0.5, 0.6) is 0 Å². The second-order valence-corrected chi connectivity index (χ2v) is 7.17. The van der Waals surface area contributed by atoms with Crippen molar-refractivity contribution < 1.29 is 4.79 Å². The molecule has 137 valence electrons. The molecule has 0 heterocycles. The molecule has 0 spiro atoms. The molecule has 1 atom stereocenters. The Labute approximate surface area is 146 Å². The van der Waals surface area contributed by atoms with E-state index in [2.05, 4.69) is 19.2 Å². The van der Waals surface area contributed by atoms with Crippen LogP contribution in [0.1, 0.15) is 117 Å². The minimum absolute atomic E-state index is 0.0267. The molecule has 23 heavy (non-hydrogen) atoms. The fourth-order valence-electron chi connectivity index (χ4n) is 3.00. The molecule has 0 bridgehead atoms. The highest BCUT2D eigenvalue weighted by Crippen LogP contribution is 2.13. The predicted molar refractivity (Wildman–Crippen MR) is 103 cm³/mol. The van der Waals surface area contributed by atoms with Crippen LogP contribution in [0.15, 0.2) is 0 Å². The molecular formula is C21H42NO. The lowest BCUT2D eigenvalue weighted by molar-refractivity contribution is -0.121. The molecule has 0 rings (SSSR count). The molecule has 0 saturated heterocycles. The van der Waals surface area contributed by atoms with Crippen molar-refractivity contribution in [1.82, 2.24) is 5.32 Å². The summed E-state index contributed by atoms with van der Waals surface area (Å²) in [4.78, 5) is 11.4. The number of hydrogen-bond acceptors (Lipinski definition) is 1. The Morgan fingerprint density at radius 3 is 1.43 bits per heavy atom. The lowest BCUT2D eigenvalue weighted by Gasteiger charge is -2.07. The van der Waals surface area contributed by atoms with E-state index in [9.17, 15) is 4.79 Å². The van der Waals surface area contributed by atoms with Crippen molar-refractivity contribution in [3.8, 4) is 0 Å². The van der Waals surface area contributed by atoms with E-state index in [-0.39, 0.29) is 11.9 Å². The van der Waals surface area contributed by atoms with Crippen LogP contribution in [0.3, 0.4) is 0 Å². The van der Waals surface area contributed by atoms with Gasteiger partial charge in [-0.2, -0.15) is 0 Å². The van der Waals surface area contributed by atoms with E-state index < -0.39 is 0 Å². The first-order valence-corrected chi connectivity index (χ1v) is 10.3. The van der Waals surface area contributed by atoms with Crippen LogP contribution in [-0.4, -0.2) is 11.9 Å². The number of hydrogen-bond donors (Lipinski definition) is 1. The molecule has 0 aromatic rings. The molecule has 1 amide bonds. The van der Waals surface area contributed by atoms with E-state index in [1.54, 1.807) is 0 Å². The van der Waals surface area contributed by atoms with Crippen LogP contribution in [0.2, 0.25) is 0 Å². The van der Waals surface area contributed by atoms with Gasteiger partial charge in [-0.15, -0.1) is 0 Å². The van der Waals surface area contributed by atoms with E-state index in [4.69, 9.17) is 0 Å². The lowest BCUT2D eigenvalue weighted by atomic mass is 10.0. The summed E-state index contributed by atoms with van der Waals surface area (Å²) in [5.74, 6) is 0.155. The number of nitrogens with one attached hydrogen (secondary N) is 1. The van der Waals surface area contributed by atoms with E-state index in [1.807, 2.05) is 6.92 Å². The molecule has 0 fully saturated rings. The standard InChI is InChI=1S/C21H42NO/c1-4-5-6-7-8-9-10-11-12-13-14-15-16-17-18-19-21(23)22-20(2)3/h20H,2,4-19H2,1,3H3,(H,22,23). The molecule has 0 aliphatic rings. The van der Waals surface area contributed by atoms with Gasteiger partial charge in [0.05, 0.1) is 0 Å². The third-order valence-corrected chi connectivity index (χ3v) is 4.41. The van der Waals surface area contributed by atoms with Gasteiger partial charge < -0.3 is 5.32 Å². The molecule has 0 aromatic heterocycles. The Bertz CT molecular complexity index is 250. The quantitative estimate of drug-likeness (QED) is 0.300. The van der Waals surface area contributed by atoms with Crippen molar-refractivity contribution in [2.75, 3.05) is 0 Å². The van der Waals surface area contributed by atoms with Crippen LogP contribution in [0.25, 0.3) is 0 Å². The Morgan fingerprint density at radius 2 is 1.09 bits per heavy atom. The Morgan fingerprint density at radius 1 is 0.739 bits per heavy atom. The summed E-state index contributed by atoms with van der Waals surface area (Å²) < 4.78 is 0. The van der Waals surface area contributed by atoms with Gasteiger partial charge in [-0.25, -0.2) is 0 Å². The average molecular weight is 325 g/mol. The molecular weight excluding hydrogens is 282 g/mol. The van der Waals surface area contributed by atoms with Crippen LogP contribution in [0.4, 0.5) is 0 Å². The van der Waals surface area contributed by atoms with Crippen LogP contribution < -0.4 is 5.32 Å². The highest BCUT2D eigenvalue weighted by Gasteiger charge is 2.02. The minimum Gasteiger partial charge on any atom is -0.354 e. The summed E-state index contributed by atoms with van der Waals surface area (Å²) in [6, 6.07) is 0.0267. The van der Waals surface area contributed by atoms with Gasteiger partial charge in [-0.1, -0.05) is 96.8 Å². The minimum atomic E-state index is 0.0267. The van der Waals surface area contributed by atoms with Crippen molar-refractivity contribution >= 4 is 5.91 Å². The third kappa shape index (κ3) is 19.4. The van der Waals surface area contributed by atoms with E-state index >= 15 is 0 Å². The van der Waals surface area contributed by atoms with Gasteiger partial charge in [-0.3, -0.25) is 4.79 Å². The first-order valence-electron chi connectivity index (χ1n) is 10.3. The SMILES string of the molecule is [CH2]C(C)NC(=O)CCCCCCCCCCCCCCCCC. The molecule has 1 N–H and O–H groups in total. The van der Waals surface area contributed by atoms with Crippen LogP contribution in [-0.2, 0) is 4.79 Å². The zero-order valence-electron chi connectivity index (χ0n) is 16.0. The number of rotatable bonds is 17. The van der Waals surface area contributed by atoms with Crippen molar-refractivity contribution in [3.05, 3.63) is 6.92 Å². The second kappa shape index (κ2) is 17.8. The fourth-order valence-corrected chi connectivity index (χ4v) is 3.00. The topological polar surface area (TPSA) is 29.1 Å². The first kappa shape index (κ1) is 22.5. The van der Waals surface area contributed by atoms with Gasteiger partial charge in [0.2, 0.25) is 5.91 Å². The van der Waals surface area contributed by atoms with Crippen molar-refractivity contribution in [2.24, 2.45) is 0 Å². The zero-order chi connectivity index (χ0) is 17.2. The molecule has 2 nitrogen and oxygen atoms in total. The fraction of sp³-hybridized carbons (Fsp3) is 0.905. The normalized spacial score (nSPS) is 11.1. The summed E-state index contributed by atoms with van der Waals surface area (Å²) >= 11 is 0. The van der Waals surface area contributed by atoms with Gasteiger partial charge in [-0.05, 0) is 20.3 Å². The maximum absolute atomic E-state index is 11.4. The molecule has 0 saturated carbocycles. The summed E-state index contributed by atoms with van der Waals surface area (Å²) in [6.45, 7) is 7.95. The van der Waals surface area contributed by atoms with Crippen molar-refractivity contribution in [2.45, 2.75) is 123 Å². The summed E-state index contributed by atoms with van der Waals surface area (Å²) in [5, 5.41) is 2.84. The van der Waals surface area contributed by atoms with Gasteiger partial charge in [0, 0.05) is 12.5 Å². The summed E-state index contributed by atoms with van der Waals surface area (Å²) in [5.41, 5.74) is 0. The summed E-state index contributed by atoms with van der Waals surface area (Å²) in [6.07, 6.45) is 21.1. The monoisotopic (exact) mass is 324 g/mol. The van der Waals surface area contributed by atoms with Gasteiger partial charge in [0.1, 0.15) is 0 Å². The Hall–Kier alpha value is -0.530. The smallest absolute Gasteiger partial charge is 0.220 e. The van der Waals surface area contributed by atoms with E-state index in [0.717, 1.165) is 6.42 Å². The zero-order valence-corrected chi connectivity index (χ0v) is 16.0. The maximum Gasteiger partial charge on any atom is 0.220 e. The second-order valence-electron chi connectivity index (χ2n) is 7.17. The average Bonchev–Trinajstić information content (AvgIpc) is 2.50. The van der Waals surface area contributed by atoms with E-state index in [1.165, 1.54) is 89.9 Å². The van der Waals surface area contributed by atoms with Crippen molar-refractivity contribution in [1.29, 1.82) is 0 Å². The molecule has 1 unspecified atom stereocenters. The third-order valence-electron chi connectivity index (χ3n) is 4.41. The molecule has 1 radical (unpaired) electrons. The van der Waals surface area contributed by atoms with Crippen LogP contribution in [0, 0.1) is 6.92 Å². The largest absolute Gasteiger partial charge is 0.354 e. The maximum atomic E-state index is 11.4. The van der Waals surface area contributed by atoms with Gasteiger partial charge in [0.15, 0.2) is 0 Å². The lowest BCUT2D eigenvalue weighted by Crippen LogP contribution is -2.29. The Balaban J connectivity index is 3.06. The summed E-state index contributed by atoms with van der Waals surface area (Å²) in [7, 11) is 0.